The minimum absolute atomic E-state index is 0.00104. The van der Waals surface area contributed by atoms with Gasteiger partial charge in [0.05, 0.1) is 12.5 Å². The Bertz CT molecular complexity index is 278. The summed E-state index contributed by atoms with van der Waals surface area (Å²) in [6, 6.07) is 0. The van der Waals surface area contributed by atoms with Gasteiger partial charge >= 0.3 is 5.97 Å². The Kier molecular flexibility index (Phi) is 12.3. The number of hydrogen-bond acceptors (Lipinski definition) is 3. The predicted octanol–water partition coefficient (Wildman–Crippen LogP) is 4.92. The lowest BCUT2D eigenvalue weighted by atomic mass is 9.81. The molecule has 0 N–H and O–H groups in total. The lowest BCUT2D eigenvalue weighted by molar-refractivity contribution is -0.150. The van der Waals surface area contributed by atoms with Crippen LogP contribution in [0.3, 0.4) is 0 Å². The lowest BCUT2D eigenvalue weighted by Crippen LogP contribution is -2.23. The highest BCUT2D eigenvalue weighted by Crippen LogP contribution is 2.31. The number of ketones is 1. The van der Waals surface area contributed by atoms with E-state index in [0.717, 1.165) is 38.0 Å². The van der Waals surface area contributed by atoms with E-state index >= 15 is 0 Å². The van der Waals surface area contributed by atoms with Crippen molar-refractivity contribution >= 4 is 11.8 Å². The van der Waals surface area contributed by atoms with E-state index in [0.29, 0.717) is 13.0 Å². The molecule has 0 heterocycles. The van der Waals surface area contributed by atoms with Gasteiger partial charge < -0.3 is 9.53 Å². The maximum atomic E-state index is 11.9. The summed E-state index contributed by atoms with van der Waals surface area (Å²) in [5.41, 5.74) is 0. The van der Waals surface area contributed by atoms with Gasteiger partial charge in [-0.25, -0.2) is 0 Å². The van der Waals surface area contributed by atoms with E-state index in [4.69, 9.17) is 4.74 Å². The molecule has 1 fully saturated rings. The lowest BCUT2D eigenvalue weighted by Gasteiger charge is -2.26. The highest BCUT2D eigenvalue weighted by Gasteiger charge is 2.26. The van der Waals surface area contributed by atoms with Crippen LogP contribution < -0.4 is 0 Å². The summed E-state index contributed by atoms with van der Waals surface area (Å²) in [5, 5.41) is 0. The van der Waals surface area contributed by atoms with Crippen LogP contribution in [-0.2, 0) is 14.3 Å². The quantitative estimate of drug-likeness (QED) is 0.472. The van der Waals surface area contributed by atoms with Gasteiger partial charge in [0.15, 0.2) is 0 Å². The number of esters is 1. The first-order valence-corrected chi connectivity index (χ1v) is 8.79. The third-order valence-electron chi connectivity index (χ3n) is 4.17. The molecule has 0 aliphatic heterocycles. The topological polar surface area (TPSA) is 43.4 Å². The van der Waals surface area contributed by atoms with Crippen LogP contribution in [0.5, 0.6) is 0 Å². The summed E-state index contributed by atoms with van der Waals surface area (Å²) in [6.45, 7) is 8.36. The van der Waals surface area contributed by atoms with Crippen LogP contribution in [0, 0.1) is 11.8 Å². The monoisotopic (exact) mass is 298 g/mol. The van der Waals surface area contributed by atoms with Crippen LogP contribution >= 0.6 is 0 Å². The molecule has 1 aliphatic rings. The zero-order valence-electron chi connectivity index (χ0n) is 14.5. The van der Waals surface area contributed by atoms with Crippen LogP contribution in [-0.4, -0.2) is 18.4 Å². The average molecular weight is 298 g/mol. The first-order chi connectivity index (χ1) is 10.1. The first kappa shape index (κ1) is 20.1. The predicted molar refractivity (Wildman–Crippen MR) is 87.2 cm³/mol. The Balaban J connectivity index is 0.00000191. The fourth-order valence-electron chi connectivity index (χ4n) is 2.75. The summed E-state index contributed by atoms with van der Waals surface area (Å²) >= 11 is 0. The molecule has 0 aromatic carbocycles. The minimum Gasteiger partial charge on any atom is -0.465 e. The van der Waals surface area contributed by atoms with E-state index in [1.165, 1.54) is 19.3 Å². The molecule has 0 saturated heterocycles. The SMILES string of the molecule is CC.CCC1CCC(C(=O)OCCCCCC(C)=O)CC1. The van der Waals surface area contributed by atoms with Gasteiger partial charge in [0.1, 0.15) is 5.78 Å². The molecule has 0 bridgehead atoms. The molecule has 0 aromatic heterocycles. The van der Waals surface area contributed by atoms with Crippen molar-refractivity contribution in [2.75, 3.05) is 6.61 Å². The second kappa shape index (κ2) is 12.8. The molecule has 0 amide bonds. The van der Waals surface area contributed by atoms with E-state index < -0.39 is 0 Å². The van der Waals surface area contributed by atoms with Crippen molar-refractivity contribution in [1.29, 1.82) is 0 Å². The number of ether oxygens (including phenoxy) is 1. The maximum Gasteiger partial charge on any atom is 0.308 e. The van der Waals surface area contributed by atoms with Crippen molar-refractivity contribution in [1.82, 2.24) is 0 Å². The molecular weight excluding hydrogens is 264 g/mol. The number of hydrogen-bond donors (Lipinski definition) is 0. The van der Waals surface area contributed by atoms with E-state index in [9.17, 15) is 9.59 Å². The normalized spacial score (nSPS) is 21.1. The van der Waals surface area contributed by atoms with Crippen LogP contribution in [0.25, 0.3) is 0 Å². The third-order valence-corrected chi connectivity index (χ3v) is 4.17. The molecule has 3 heteroatoms. The number of Topliss-reactive ketones (excluding diaryl/α,β-unsaturated/α-hetero) is 1. The molecule has 0 atom stereocenters. The largest absolute Gasteiger partial charge is 0.465 e. The van der Waals surface area contributed by atoms with E-state index in [1.54, 1.807) is 6.92 Å². The van der Waals surface area contributed by atoms with E-state index in [2.05, 4.69) is 6.92 Å². The van der Waals surface area contributed by atoms with Crippen LogP contribution in [0.15, 0.2) is 0 Å². The zero-order valence-corrected chi connectivity index (χ0v) is 14.5. The van der Waals surface area contributed by atoms with Crippen molar-refractivity contribution in [3.05, 3.63) is 0 Å². The Labute approximate surface area is 130 Å². The molecule has 1 aliphatic carbocycles. The van der Waals surface area contributed by atoms with Gasteiger partial charge in [-0.05, 0) is 57.8 Å². The number of carbonyl (C=O) groups excluding carboxylic acids is 2. The van der Waals surface area contributed by atoms with Crippen molar-refractivity contribution in [2.45, 2.75) is 85.5 Å². The Hall–Kier alpha value is -0.860. The molecule has 0 unspecified atom stereocenters. The standard InChI is InChI=1S/C16H28O3.C2H6/c1-3-14-8-10-15(11-9-14)16(18)19-12-6-4-5-7-13(2)17;1-2/h14-15H,3-12H2,1-2H3;1-2H3. The number of unbranched alkanes of at least 4 members (excludes halogenated alkanes) is 2. The van der Waals surface area contributed by atoms with Gasteiger partial charge in [-0.3, -0.25) is 4.79 Å². The van der Waals surface area contributed by atoms with Crippen molar-refractivity contribution in [2.24, 2.45) is 11.8 Å². The van der Waals surface area contributed by atoms with E-state index in [-0.39, 0.29) is 17.7 Å². The molecule has 1 saturated carbocycles. The van der Waals surface area contributed by atoms with Gasteiger partial charge in [0, 0.05) is 6.42 Å². The minimum atomic E-state index is 0.00104. The fraction of sp³-hybridized carbons (Fsp3) is 0.889. The van der Waals surface area contributed by atoms with E-state index in [1.807, 2.05) is 13.8 Å². The molecule has 1 rings (SSSR count). The van der Waals surface area contributed by atoms with Gasteiger partial charge in [-0.15, -0.1) is 0 Å². The molecular formula is C18H34O3. The highest BCUT2D eigenvalue weighted by atomic mass is 16.5. The fourth-order valence-corrected chi connectivity index (χ4v) is 2.75. The number of rotatable bonds is 8. The summed E-state index contributed by atoms with van der Waals surface area (Å²) < 4.78 is 5.33. The van der Waals surface area contributed by atoms with Crippen LogP contribution in [0.2, 0.25) is 0 Å². The van der Waals surface area contributed by atoms with Crippen LogP contribution in [0.1, 0.15) is 85.5 Å². The second-order valence-corrected chi connectivity index (χ2v) is 5.81. The Morgan fingerprint density at radius 2 is 1.62 bits per heavy atom. The second-order valence-electron chi connectivity index (χ2n) is 5.81. The van der Waals surface area contributed by atoms with Gasteiger partial charge in [-0.1, -0.05) is 27.2 Å². The van der Waals surface area contributed by atoms with Crippen molar-refractivity contribution in [3.63, 3.8) is 0 Å². The van der Waals surface area contributed by atoms with Crippen LogP contribution in [0.4, 0.5) is 0 Å². The van der Waals surface area contributed by atoms with Crippen molar-refractivity contribution in [3.8, 4) is 0 Å². The molecule has 0 radical (unpaired) electrons. The summed E-state index contributed by atoms with van der Waals surface area (Å²) in [6.07, 6.45) is 8.99. The average Bonchev–Trinajstić information content (AvgIpc) is 2.52. The van der Waals surface area contributed by atoms with Crippen molar-refractivity contribution < 1.29 is 14.3 Å². The molecule has 0 aromatic rings. The Morgan fingerprint density at radius 1 is 1.00 bits per heavy atom. The maximum absolute atomic E-state index is 11.9. The third kappa shape index (κ3) is 9.65. The summed E-state index contributed by atoms with van der Waals surface area (Å²) in [7, 11) is 0. The highest BCUT2D eigenvalue weighted by molar-refractivity contribution is 5.75. The molecule has 124 valence electrons. The summed E-state index contributed by atoms with van der Waals surface area (Å²) in [4.78, 5) is 22.6. The zero-order chi connectivity index (χ0) is 16.1. The summed E-state index contributed by atoms with van der Waals surface area (Å²) in [5.74, 6) is 1.20. The van der Waals surface area contributed by atoms with Gasteiger partial charge in [0.2, 0.25) is 0 Å². The smallest absolute Gasteiger partial charge is 0.308 e. The first-order valence-electron chi connectivity index (χ1n) is 8.79. The number of carbonyl (C=O) groups is 2. The molecule has 21 heavy (non-hydrogen) atoms. The van der Waals surface area contributed by atoms with Gasteiger partial charge in [-0.2, -0.15) is 0 Å². The molecule has 0 spiro atoms. The van der Waals surface area contributed by atoms with Gasteiger partial charge in [0.25, 0.3) is 0 Å². The molecule has 3 nitrogen and oxygen atoms in total. The Morgan fingerprint density at radius 3 is 2.14 bits per heavy atom.